The Labute approximate surface area is 114 Å². The van der Waals surface area contributed by atoms with Gasteiger partial charge in [-0.15, -0.1) is 0 Å². The van der Waals surface area contributed by atoms with Gasteiger partial charge in [0.1, 0.15) is 0 Å². The van der Waals surface area contributed by atoms with Crippen molar-refractivity contribution in [2.75, 3.05) is 33.8 Å². The number of esters is 1. The number of carbonyl (C=O) groups is 2. The third-order valence-electron chi connectivity index (χ3n) is 2.96. The summed E-state index contributed by atoms with van der Waals surface area (Å²) in [5.74, 6) is -1.15. The molecule has 0 heterocycles. The van der Waals surface area contributed by atoms with Crippen molar-refractivity contribution in [3.63, 3.8) is 0 Å². The minimum Gasteiger partial charge on any atom is -0.481 e. The number of nitrogens with zero attached hydrogens (tertiary/aromatic N) is 1. The number of nitrogens with one attached hydrogen (secondary N) is 1. The molecule has 6 nitrogen and oxygen atoms in total. The predicted octanol–water partition coefficient (Wildman–Crippen LogP) is 0.942. The van der Waals surface area contributed by atoms with Gasteiger partial charge >= 0.3 is 11.9 Å². The first-order chi connectivity index (χ1) is 8.80. The maximum atomic E-state index is 11.2. The number of carboxylic acid groups (broad SMARTS) is 1. The second kappa shape index (κ2) is 8.66. The molecule has 0 aliphatic carbocycles. The van der Waals surface area contributed by atoms with E-state index in [-0.39, 0.29) is 12.4 Å². The van der Waals surface area contributed by atoms with E-state index < -0.39 is 5.97 Å². The number of ether oxygens (including phenoxy) is 1. The maximum absolute atomic E-state index is 11.2. The van der Waals surface area contributed by atoms with Crippen LogP contribution in [0, 0.1) is 0 Å². The monoisotopic (exact) mass is 273 g/mol. The molecule has 0 aliphatic rings. The average molecular weight is 273 g/mol. The van der Waals surface area contributed by atoms with Crippen molar-refractivity contribution >= 4 is 11.9 Å². The van der Waals surface area contributed by atoms with E-state index in [1.807, 2.05) is 14.1 Å². The summed E-state index contributed by atoms with van der Waals surface area (Å²) in [6, 6.07) is 0. The second-order valence-corrected chi connectivity index (χ2v) is 4.83. The Bertz CT molecular complexity index is 331. The topological polar surface area (TPSA) is 75.6 Å². The van der Waals surface area contributed by atoms with Crippen LogP contribution in [0.5, 0.6) is 0 Å². The van der Waals surface area contributed by atoms with E-state index in [1.54, 1.807) is 6.92 Å². The molecule has 0 radical (unpaired) electrons. The largest absolute Gasteiger partial charge is 0.481 e. The van der Waals surface area contributed by atoms with E-state index in [4.69, 9.17) is 9.84 Å². The molecule has 19 heavy (non-hydrogen) atoms. The molecule has 0 bridgehead atoms. The summed E-state index contributed by atoms with van der Waals surface area (Å²) in [5.41, 5.74) is 3.55. The number of carbonyl (C=O) groups excluding carboxylic acids is 1. The Morgan fingerprint density at radius 3 is 2.37 bits per heavy atom. The molecule has 0 saturated heterocycles. The molecule has 0 rings (SSSR count). The number of aliphatic carboxylic acids is 1. The summed E-state index contributed by atoms with van der Waals surface area (Å²) >= 11 is 0. The van der Waals surface area contributed by atoms with Crippen LogP contribution in [0.25, 0.3) is 0 Å². The van der Waals surface area contributed by atoms with Gasteiger partial charge in [0.25, 0.3) is 0 Å². The second-order valence-electron chi connectivity index (χ2n) is 4.83. The van der Waals surface area contributed by atoms with Gasteiger partial charge in [-0.3, -0.25) is 4.79 Å². The van der Waals surface area contributed by atoms with Gasteiger partial charge in [0.05, 0.1) is 33.2 Å². The van der Waals surface area contributed by atoms with E-state index in [2.05, 4.69) is 12.0 Å². The lowest BCUT2D eigenvalue weighted by atomic mass is 10.2. The highest BCUT2D eigenvalue weighted by Gasteiger charge is 2.19. The third kappa shape index (κ3) is 8.34. The highest BCUT2D eigenvalue weighted by molar-refractivity contribution is 5.86. The van der Waals surface area contributed by atoms with Gasteiger partial charge in [-0.2, -0.15) is 5.43 Å². The van der Waals surface area contributed by atoms with Crippen LogP contribution in [0.4, 0.5) is 0 Å². The van der Waals surface area contributed by atoms with E-state index >= 15 is 0 Å². The van der Waals surface area contributed by atoms with Crippen LogP contribution in [-0.4, -0.2) is 55.4 Å². The first-order valence-electron chi connectivity index (χ1n) is 6.39. The molecule has 0 aromatic heterocycles. The van der Waals surface area contributed by atoms with Crippen molar-refractivity contribution in [2.45, 2.75) is 26.2 Å². The van der Waals surface area contributed by atoms with Crippen molar-refractivity contribution in [1.82, 2.24) is 5.43 Å². The van der Waals surface area contributed by atoms with Crippen molar-refractivity contribution < 1.29 is 24.0 Å². The zero-order valence-corrected chi connectivity index (χ0v) is 12.1. The first kappa shape index (κ1) is 17.6. The van der Waals surface area contributed by atoms with Crippen LogP contribution < -0.4 is 5.43 Å². The van der Waals surface area contributed by atoms with Crippen molar-refractivity contribution in [3.05, 3.63) is 12.2 Å². The van der Waals surface area contributed by atoms with Gasteiger partial charge in [-0.05, 0) is 6.92 Å². The zero-order valence-electron chi connectivity index (χ0n) is 12.1. The van der Waals surface area contributed by atoms with Crippen molar-refractivity contribution in [3.8, 4) is 0 Å². The molecule has 0 aromatic carbocycles. The molecule has 0 spiro atoms. The smallest absolute Gasteiger partial charge is 0.333 e. The van der Waals surface area contributed by atoms with E-state index in [0.29, 0.717) is 29.6 Å². The summed E-state index contributed by atoms with van der Waals surface area (Å²) in [5, 5.41) is 8.62. The lowest BCUT2D eigenvalue weighted by Gasteiger charge is -2.32. The Kier molecular flexibility index (Phi) is 8.02. The molecule has 6 heteroatoms. The maximum Gasteiger partial charge on any atom is 0.333 e. The summed E-state index contributed by atoms with van der Waals surface area (Å²) in [4.78, 5) is 21.7. The number of carboxylic acids is 1. The molecule has 0 aromatic rings. The molecule has 0 fully saturated rings. The molecule has 0 saturated carbocycles. The van der Waals surface area contributed by atoms with Crippen molar-refractivity contribution in [1.29, 1.82) is 0 Å². The minimum atomic E-state index is -0.780. The van der Waals surface area contributed by atoms with E-state index in [1.165, 1.54) is 0 Å². The van der Waals surface area contributed by atoms with Crippen LogP contribution in [-0.2, 0) is 14.3 Å². The van der Waals surface area contributed by atoms with Crippen LogP contribution >= 0.6 is 0 Å². The van der Waals surface area contributed by atoms with E-state index in [9.17, 15) is 9.59 Å². The molecular formula is C13H25N2O4+. The normalized spacial score (nSPS) is 13.6. The Hall–Kier alpha value is -1.40. The molecule has 1 unspecified atom stereocenters. The number of quaternary nitrogens is 1. The minimum absolute atomic E-state index is 0.167. The fourth-order valence-electron chi connectivity index (χ4n) is 1.62. The summed E-state index contributed by atoms with van der Waals surface area (Å²) in [7, 11) is 3.82. The highest BCUT2D eigenvalue weighted by atomic mass is 16.5. The molecule has 2 N–H and O–H groups in total. The molecule has 0 amide bonds. The Morgan fingerprint density at radius 1 is 1.32 bits per heavy atom. The Balaban J connectivity index is 3.93. The number of hydrogen-bond donors (Lipinski definition) is 2. The highest BCUT2D eigenvalue weighted by Crippen LogP contribution is 2.04. The Morgan fingerprint density at radius 2 is 1.89 bits per heavy atom. The lowest BCUT2D eigenvalue weighted by molar-refractivity contribution is -0.950. The van der Waals surface area contributed by atoms with Crippen LogP contribution in [0.2, 0.25) is 0 Å². The summed E-state index contributed by atoms with van der Waals surface area (Å²) in [6.07, 6.45) is 1.49. The van der Waals surface area contributed by atoms with Gasteiger partial charge < -0.3 is 9.84 Å². The van der Waals surface area contributed by atoms with Gasteiger partial charge in [0.15, 0.2) is 0 Å². The zero-order chi connectivity index (χ0) is 14.9. The predicted molar refractivity (Wildman–Crippen MR) is 72.2 cm³/mol. The number of rotatable bonds is 10. The quantitative estimate of drug-likeness (QED) is 0.204. The molecule has 1 atom stereocenters. The summed E-state index contributed by atoms with van der Waals surface area (Å²) in [6.45, 7) is 6.95. The fraction of sp³-hybridized carbons (Fsp3) is 0.692. The van der Waals surface area contributed by atoms with Gasteiger partial charge in [0, 0.05) is 25.5 Å². The third-order valence-corrected chi connectivity index (χ3v) is 2.96. The average Bonchev–Trinajstić information content (AvgIpc) is 2.33. The van der Waals surface area contributed by atoms with Gasteiger partial charge in [-0.25, -0.2) is 9.39 Å². The van der Waals surface area contributed by atoms with Crippen LogP contribution in [0.1, 0.15) is 26.2 Å². The number of hydrogen-bond acceptors (Lipinski definition) is 4. The lowest BCUT2D eigenvalue weighted by Crippen LogP contribution is -2.54. The SMILES string of the molecule is C=C(C)C(=O)OCCC[N+](C)(CCCC(=O)O)NC. The molecule has 0 aliphatic heterocycles. The molecular weight excluding hydrogens is 248 g/mol. The van der Waals surface area contributed by atoms with Crippen molar-refractivity contribution in [2.24, 2.45) is 0 Å². The standard InChI is InChI=1S/C13H24N2O4/c1-11(2)13(18)19-10-6-9-15(4,14-3)8-5-7-12(16)17/h14H,1,5-10H2,2-4H3/p+1. The van der Waals surface area contributed by atoms with Crippen LogP contribution in [0.3, 0.4) is 0 Å². The molecule has 110 valence electrons. The van der Waals surface area contributed by atoms with Gasteiger partial charge in [-0.1, -0.05) is 6.58 Å². The van der Waals surface area contributed by atoms with E-state index in [0.717, 1.165) is 13.1 Å². The van der Waals surface area contributed by atoms with Gasteiger partial charge in [0.2, 0.25) is 0 Å². The first-order valence-corrected chi connectivity index (χ1v) is 6.39. The van der Waals surface area contributed by atoms with Crippen LogP contribution in [0.15, 0.2) is 12.2 Å². The fourth-order valence-corrected chi connectivity index (χ4v) is 1.62. The summed E-state index contributed by atoms with van der Waals surface area (Å²) < 4.78 is 5.57.